The molecule has 1 saturated heterocycles. The molecule has 0 aromatic carbocycles. The molecule has 60 heavy (non-hydrogen) atoms. The normalized spacial score (nSPS) is 24.4. The van der Waals surface area contributed by atoms with Crippen molar-refractivity contribution >= 4 is 41.8 Å². The van der Waals surface area contributed by atoms with Crippen molar-refractivity contribution in [3.05, 3.63) is 0 Å². The Labute approximate surface area is 352 Å². The van der Waals surface area contributed by atoms with Crippen LogP contribution in [-0.2, 0) is 47.8 Å². The number of carbonyl (C=O) groups is 7. The van der Waals surface area contributed by atoms with Gasteiger partial charge in [0.2, 0.25) is 0 Å². The van der Waals surface area contributed by atoms with Gasteiger partial charge in [-0.15, -0.1) is 0 Å². The van der Waals surface area contributed by atoms with E-state index >= 15 is 0 Å². The van der Waals surface area contributed by atoms with Gasteiger partial charge in [0.05, 0.1) is 81.8 Å². The van der Waals surface area contributed by atoms with Crippen LogP contribution >= 0.6 is 0 Å². The van der Waals surface area contributed by atoms with Crippen molar-refractivity contribution in [1.29, 1.82) is 0 Å². The van der Waals surface area contributed by atoms with E-state index in [-0.39, 0.29) is 45.6 Å². The molecule has 3 aliphatic carbocycles. The van der Waals surface area contributed by atoms with Gasteiger partial charge in [-0.2, -0.15) is 0 Å². The lowest BCUT2D eigenvalue weighted by Crippen LogP contribution is -2.38. The summed E-state index contributed by atoms with van der Waals surface area (Å²) in [5.74, 6) is -8.64. The van der Waals surface area contributed by atoms with Gasteiger partial charge in [0.25, 0.3) is 0 Å². The summed E-state index contributed by atoms with van der Waals surface area (Å²) in [6.07, 6.45) is 9.76. The number of carboxylic acid groups (broad SMARTS) is 2. The van der Waals surface area contributed by atoms with E-state index in [1.54, 1.807) is 0 Å². The van der Waals surface area contributed by atoms with Crippen molar-refractivity contribution < 1.29 is 88.6 Å². The van der Waals surface area contributed by atoms with Gasteiger partial charge < -0.3 is 55.1 Å². The third-order valence-corrected chi connectivity index (χ3v) is 12.4. The molecule has 4 aliphatic rings. The highest BCUT2D eigenvalue weighted by atomic mass is 16.6. The monoisotopic (exact) mass is 862 g/mol. The van der Waals surface area contributed by atoms with Gasteiger partial charge >= 0.3 is 41.8 Å². The molecule has 18 heteroatoms. The van der Waals surface area contributed by atoms with Gasteiger partial charge in [-0.05, 0) is 96.3 Å². The molecule has 0 radical (unpaired) electrons. The average molecular weight is 863 g/mol. The average Bonchev–Trinajstić information content (AvgIpc) is 3.53. The first-order chi connectivity index (χ1) is 28.5. The standard InChI is InChI=1S/C24H32O10.2C6H14O3.C6H10O2/c25-19(26)13-5-9-15(10-6-13)21(29)33-23(31)17-3-1-2-4-18(17)24(32)34-22(30)16-11-7-14(8-12-16)20(27)28;2*1-2-6(3-7,4-8)5-9;7-6-4-2-1-3-5-8-6/h13-18H,1-12H2,(H,25,26)(H,27,28);2*7-9H,2-5H2,1H3;1-5H2. The minimum atomic E-state index is -0.893. The van der Waals surface area contributed by atoms with Gasteiger partial charge in [-0.1, -0.05) is 26.7 Å². The Hall–Kier alpha value is -3.55. The molecule has 0 bridgehead atoms. The molecular weight excluding hydrogens is 792 g/mol. The maximum Gasteiger partial charge on any atom is 0.317 e. The van der Waals surface area contributed by atoms with Crippen molar-refractivity contribution in [2.45, 2.75) is 129 Å². The molecule has 8 N–H and O–H groups in total. The molecule has 346 valence electrons. The van der Waals surface area contributed by atoms with Crippen molar-refractivity contribution in [3.8, 4) is 0 Å². The summed E-state index contributed by atoms with van der Waals surface area (Å²) in [5.41, 5.74) is -1.33. The fraction of sp³-hybridized carbons (Fsp3) is 0.833. The predicted molar refractivity (Wildman–Crippen MR) is 211 cm³/mol. The molecule has 0 aromatic heterocycles. The fourth-order valence-electron chi connectivity index (χ4n) is 7.14. The van der Waals surface area contributed by atoms with E-state index in [9.17, 15) is 33.6 Å². The summed E-state index contributed by atoms with van der Waals surface area (Å²) in [6.45, 7) is 3.34. The summed E-state index contributed by atoms with van der Waals surface area (Å²) in [4.78, 5) is 83.0. The Bertz CT molecular complexity index is 1190. The van der Waals surface area contributed by atoms with Crippen LogP contribution < -0.4 is 0 Å². The molecule has 4 rings (SSSR count). The Kier molecular flexibility index (Phi) is 26.2. The highest BCUT2D eigenvalue weighted by Crippen LogP contribution is 2.35. The van der Waals surface area contributed by atoms with E-state index < -0.39 is 82.2 Å². The number of cyclic esters (lactones) is 1. The zero-order valence-corrected chi connectivity index (χ0v) is 35.3. The lowest BCUT2D eigenvalue weighted by molar-refractivity contribution is -0.176. The third kappa shape index (κ3) is 18.2. The van der Waals surface area contributed by atoms with Crippen molar-refractivity contribution in [1.82, 2.24) is 0 Å². The quantitative estimate of drug-likeness (QED) is 0.0707. The maximum atomic E-state index is 12.7. The number of hydrogen-bond donors (Lipinski definition) is 8. The first-order valence-corrected chi connectivity index (χ1v) is 21.3. The highest BCUT2D eigenvalue weighted by Gasteiger charge is 2.42. The van der Waals surface area contributed by atoms with Crippen LogP contribution in [0, 0.1) is 46.3 Å². The maximum absolute atomic E-state index is 12.7. The summed E-state index contributed by atoms with van der Waals surface area (Å²) >= 11 is 0. The van der Waals surface area contributed by atoms with E-state index in [0.717, 1.165) is 19.3 Å². The Morgan fingerprint density at radius 1 is 0.500 bits per heavy atom. The zero-order valence-electron chi connectivity index (χ0n) is 35.3. The fourth-order valence-corrected chi connectivity index (χ4v) is 7.14. The zero-order chi connectivity index (χ0) is 45.3. The molecular formula is C42H70O18. The molecule has 2 unspecified atom stereocenters. The van der Waals surface area contributed by atoms with E-state index in [0.29, 0.717) is 103 Å². The van der Waals surface area contributed by atoms with Crippen LogP contribution in [0.25, 0.3) is 0 Å². The predicted octanol–water partition coefficient (Wildman–Crippen LogP) is 2.54. The van der Waals surface area contributed by atoms with Crippen LogP contribution in [0.2, 0.25) is 0 Å². The summed E-state index contributed by atoms with van der Waals surface area (Å²) < 4.78 is 14.9. The highest BCUT2D eigenvalue weighted by molar-refractivity contribution is 5.93. The lowest BCUT2D eigenvalue weighted by atomic mass is 9.79. The molecule has 0 spiro atoms. The number of esters is 5. The number of carboxylic acids is 2. The first-order valence-electron chi connectivity index (χ1n) is 21.3. The van der Waals surface area contributed by atoms with E-state index in [4.69, 9.17) is 55.1 Å². The molecule has 1 aliphatic heterocycles. The van der Waals surface area contributed by atoms with Crippen molar-refractivity contribution in [3.63, 3.8) is 0 Å². The number of ether oxygens (including phenoxy) is 3. The SMILES string of the molecule is CCC(CO)(CO)CO.CCC(CO)(CO)CO.O=C(O)C1CCC(C(=O)OC(=O)C2CCCCC2C(=O)OC(=O)C2CCC(C(=O)O)CC2)CC1.O=C1CCCCCO1. The topological polar surface area (TPSA) is 309 Å². The summed E-state index contributed by atoms with van der Waals surface area (Å²) in [5, 5.41) is 70.1. The van der Waals surface area contributed by atoms with Crippen LogP contribution in [0.15, 0.2) is 0 Å². The van der Waals surface area contributed by atoms with Crippen LogP contribution in [-0.4, -0.2) is 129 Å². The Morgan fingerprint density at radius 3 is 1.12 bits per heavy atom. The summed E-state index contributed by atoms with van der Waals surface area (Å²) in [6, 6.07) is 0. The number of aliphatic hydroxyl groups excluding tert-OH is 6. The first kappa shape index (κ1) is 54.5. The van der Waals surface area contributed by atoms with E-state index in [1.165, 1.54) is 0 Å². The number of hydrogen-bond acceptors (Lipinski definition) is 16. The number of aliphatic carboxylic acids is 2. The smallest absolute Gasteiger partial charge is 0.317 e. The van der Waals surface area contributed by atoms with Gasteiger partial charge in [-0.25, -0.2) is 0 Å². The van der Waals surface area contributed by atoms with Gasteiger partial charge in [0.15, 0.2) is 0 Å². The molecule has 0 aromatic rings. The van der Waals surface area contributed by atoms with Gasteiger partial charge in [0.1, 0.15) is 0 Å². The molecule has 3 saturated carbocycles. The van der Waals surface area contributed by atoms with Crippen molar-refractivity contribution in [2.24, 2.45) is 46.3 Å². The minimum absolute atomic E-state index is 0.0255. The number of rotatable bonds is 14. The molecule has 1 heterocycles. The molecule has 0 amide bonds. The Balaban J connectivity index is 0.000000556. The largest absolute Gasteiger partial charge is 0.481 e. The second-order valence-electron chi connectivity index (χ2n) is 16.4. The lowest BCUT2D eigenvalue weighted by Gasteiger charge is -2.30. The third-order valence-electron chi connectivity index (χ3n) is 12.4. The van der Waals surface area contributed by atoms with E-state index in [1.807, 2.05) is 13.8 Å². The van der Waals surface area contributed by atoms with Gasteiger partial charge in [-0.3, -0.25) is 33.6 Å². The molecule has 18 nitrogen and oxygen atoms in total. The van der Waals surface area contributed by atoms with Gasteiger partial charge in [0, 0.05) is 17.3 Å². The van der Waals surface area contributed by atoms with Crippen LogP contribution in [0.4, 0.5) is 0 Å². The number of carbonyl (C=O) groups excluding carboxylic acids is 5. The van der Waals surface area contributed by atoms with Crippen LogP contribution in [0.5, 0.6) is 0 Å². The molecule has 2 atom stereocenters. The van der Waals surface area contributed by atoms with Crippen LogP contribution in [0.3, 0.4) is 0 Å². The van der Waals surface area contributed by atoms with E-state index in [2.05, 4.69) is 0 Å². The molecule has 4 fully saturated rings. The Morgan fingerprint density at radius 2 is 0.833 bits per heavy atom. The van der Waals surface area contributed by atoms with Crippen LogP contribution in [0.1, 0.15) is 129 Å². The second kappa shape index (κ2) is 28.9. The minimum Gasteiger partial charge on any atom is -0.481 e. The number of aliphatic hydroxyl groups is 6. The van der Waals surface area contributed by atoms with Crippen molar-refractivity contribution in [2.75, 3.05) is 46.2 Å². The summed E-state index contributed by atoms with van der Waals surface area (Å²) in [7, 11) is 0. The second-order valence-corrected chi connectivity index (χ2v) is 16.4.